The number of nitrogens with zero attached hydrogens (tertiary/aromatic N) is 7. The lowest BCUT2D eigenvalue weighted by Gasteiger charge is -2.51. The molecule has 10 aliphatic rings. The molecule has 3 saturated carbocycles. The first-order valence-corrected chi connectivity index (χ1v) is 54.9. The molecule has 708 valence electrons. The fourth-order valence-electron chi connectivity index (χ4n) is 30.5. The van der Waals surface area contributed by atoms with Crippen molar-refractivity contribution < 1.29 is 8.83 Å². The van der Waals surface area contributed by atoms with E-state index in [0.29, 0.717) is 0 Å². The second kappa shape index (κ2) is 29.0. The maximum atomic E-state index is 7.06. The third-order valence-corrected chi connectivity index (χ3v) is 40.6. The van der Waals surface area contributed by atoms with E-state index in [9.17, 15) is 0 Å². The van der Waals surface area contributed by atoms with Crippen LogP contribution in [0, 0.1) is 6.92 Å². The van der Waals surface area contributed by atoms with Gasteiger partial charge >= 0.3 is 0 Å². The molecular formula is C131H119B2N7O2S2. The van der Waals surface area contributed by atoms with E-state index < -0.39 is 0 Å². The van der Waals surface area contributed by atoms with Gasteiger partial charge in [-0.05, 0) is 288 Å². The third kappa shape index (κ3) is 11.0. The standard InChI is InChI=1S/C74H71BN4OS.C57H48BN3OS/c1-69(2,3)44-29-33-55-51(39-44)71(7)35-15-17-37-73(71,9)78(55)46-31-32-53-58(41-46)76(57-25-20-28-63-64(57)49-22-12-14-27-62(49)81-63)59-42-47(79-56-34-30-45(70(4,5)6)40-52(56)72(8)36-16-18-38-74(72,79)10)43-60-65(59)75(53)54-24-19-23-50-66(54)77(60)67-48-21-11-13-26-61(48)80-68(50)67;1-33-29-46-50-47(30-33)60-51-39(53-52(60)38-16-7-9-21-48(38)62-53)18-13-19-42(51)58(50)41-25-24-35(32-45(41)59(46)44-20-14-17-37-36-15-8-10-22-49(36)63-54(37)44)61-43-26-23-34(55(2,3)4)31-40(43)56(5)27-11-12-28-57(56,61)6/h11-14,19-34,39-43H,15-18,35-38H2,1-10H3;7-10,13-26,29-32H,11-12,27-28H2,1-6H3. The van der Waals surface area contributed by atoms with Gasteiger partial charge in [0.15, 0.2) is 11.2 Å². The van der Waals surface area contributed by atoms with Crippen LogP contribution in [0.1, 0.15) is 220 Å². The van der Waals surface area contributed by atoms with E-state index >= 15 is 0 Å². The first kappa shape index (κ1) is 86.1. The van der Waals surface area contributed by atoms with Gasteiger partial charge in [-0.3, -0.25) is 0 Å². The van der Waals surface area contributed by atoms with Gasteiger partial charge in [0.1, 0.15) is 22.2 Å². The Hall–Kier alpha value is -13.5. The number of hydrogen-bond donors (Lipinski definition) is 0. The van der Waals surface area contributed by atoms with Gasteiger partial charge in [-0.15, -0.1) is 22.7 Å². The van der Waals surface area contributed by atoms with Crippen molar-refractivity contribution in [3.63, 3.8) is 0 Å². The molecule has 3 aliphatic carbocycles. The molecule has 3 fully saturated rings. The van der Waals surface area contributed by atoms with Crippen molar-refractivity contribution in [1.29, 1.82) is 0 Å². The van der Waals surface area contributed by atoms with Gasteiger partial charge in [-0.2, -0.15) is 0 Å². The van der Waals surface area contributed by atoms with E-state index in [1.54, 1.807) is 0 Å². The summed E-state index contributed by atoms with van der Waals surface area (Å²) in [4.78, 5) is 13.8. The van der Waals surface area contributed by atoms with Crippen LogP contribution in [0.5, 0.6) is 0 Å². The number of aryl methyl sites for hydroxylation is 1. The summed E-state index contributed by atoms with van der Waals surface area (Å²) in [5.41, 5.74) is 44.3. The maximum absolute atomic E-state index is 7.06. The van der Waals surface area contributed by atoms with Gasteiger partial charge in [0.2, 0.25) is 0 Å². The van der Waals surface area contributed by atoms with Crippen molar-refractivity contribution in [2.75, 3.05) is 24.5 Å². The van der Waals surface area contributed by atoms with Gasteiger partial charge in [0.25, 0.3) is 13.4 Å². The molecule has 0 N–H and O–H groups in total. The minimum atomic E-state index is -0.174. The first-order chi connectivity index (χ1) is 69.4. The molecule has 21 aromatic rings. The summed E-state index contributed by atoms with van der Waals surface area (Å²) in [5.74, 6) is 0. The summed E-state index contributed by atoms with van der Waals surface area (Å²) in [6.07, 6.45) is 14.4. The number of hydrogen-bond acceptors (Lipinski definition) is 9. The predicted molar refractivity (Wildman–Crippen MR) is 615 cm³/mol. The molecular weight excluding hydrogens is 1790 g/mol. The molecule has 7 aliphatic heterocycles. The topological polar surface area (TPSA) is 52.3 Å². The fraction of sp³-hybridized carbons (Fsp3) is 0.282. The Kier molecular flexibility index (Phi) is 17.4. The largest absolute Gasteiger partial charge is 0.454 e. The zero-order chi connectivity index (χ0) is 97.4. The number of rotatable bonds is 5. The van der Waals surface area contributed by atoms with Crippen LogP contribution in [-0.4, -0.2) is 39.2 Å². The number of furan rings is 2. The molecule has 31 rings (SSSR count). The van der Waals surface area contributed by atoms with Crippen molar-refractivity contribution in [2.45, 2.75) is 237 Å². The van der Waals surface area contributed by atoms with Gasteiger partial charge in [0.05, 0.1) is 43.7 Å². The number of benzene rings is 15. The summed E-state index contributed by atoms with van der Waals surface area (Å²) < 4.78 is 24.3. The molecule has 0 amide bonds. The summed E-state index contributed by atoms with van der Waals surface area (Å²) >= 11 is 3.83. The molecule has 6 aromatic heterocycles. The average Bonchev–Trinajstić information content (AvgIpc) is 1.40. The van der Waals surface area contributed by atoms with E-state index in [-0.39, 0.29) is 62.5 Å². The predicted octanol–water partition coefficient (Wildman–Crippen LogP) is 32.4. The number of thiophene rings is 2. The second-order valence-electron chi connectivity index (χ2n) is 48.7. The molecule has 0 saturated heterocycles. The summed E-state index contributed by atoms with van der Waals surface area (Å²) in [6.45, 7) is 39.1. The smallest absolute Gasteiger partial charge is 0.252 e. The Morgan fingerprint density at radius 1 is 0.285 bits per heavy atom. The lowest BCUT2D eigenvalue weighted by atomic mass is 9.33. The summed E-state index contributed by atoms with van der Waals surface area (Å²) in [6, 6.07) is 111. The van der Waals surface area contributed by atoms with Crippen LogP contribution in [0.25, 0.3) is 118 Å². The van der Waals surface area contributed by atoms with Crippen molar-refractivity contribution in [1.82, 2.24) is 9.13 Å². The Balaban J connectivity index is 0.000000138. The molecule has 6 atom stereocenters. The average molecular weight is 1910 g/mol. The minimum absolute atomic E-state index is 0.00999. The SMILES string of the molecule is CC(C)(C)c1ccc2c(c1)C1(C)CCCCC1(C)N2c1ccc2c(c1)N(c1cccc3sc4ccccc4c13)c1cc(N3c4ccc(C(C)(C)C)cc4C4(C)CCCCC34C)cc3c1B2c1cccc2c4oc5ccccc5c4n-3c12.Cc1cc2c3c(c1)-n1c4c(cccc4c4oc5ccccc5c41)B3c1ccc(N3c4ccc(C(C)(C)C)cc4C4(C)CCCCC34C)cc1N2c1cccc2c1sc1ccccc12. The highest BCUT2D eigenvalue weighted by molar-refractivity contribution is 7.26. The zero-order valence-electron chi connectivity index (χ0n) is 85.5. The van der Waals surface area contributed by atoms with Crippen LogP contribution in [0.4, 0.5) is 68.2 Å². The highest BCUT2D eigenvalue weighted by atomic mass is 32.1. The molecule has 144 heavy (non-hydrogen) atoms. The van der Waals surface area contributed by atoms with Crippen LogP contribution >= 0.6 is 22.7 Å². The van der Waals surface area contributed by atoms with E-state index in [1.807, 2.05) is 22.7 Å². The van der Waals surface area contributed by atoms with Crippen molar-refractivity contribution in [3.05, 3.63) is 324 Å². The maximum Gasteiger partial charge on any atom is 0.252 e. The molecule has 13 heteroatoms. The molecule has 0 radical (unpaired) electrons. The molecule has 15 aromatic carbocycles. The van der Waals surface area contributed by atoms with Gasteiger partial charge in [-0.1, -0.05) is 273 Å². The highest BCUT2D eigenvalue weighted by Gasteiger charge is 2.63. The molecule has 6 unspecified atom stereocenters. The molecule has 0 spiro atoms. The first-order valence-electron chi connectivity index (χ1n) is 53.2. The molecule has 0 bridgehead atoms. The van der Waals surface area contributed by atoms with Crippen LogP contribution < -0.4 is 57.3 Å². The van der Waals surface area contributed by atoms with E-state index in [1.165, 1.54) is 265 Å². The van der Waals surface area contributed by atoms with Crippen molar-refractivity contribution >= 4 is 243 Å². The number of fused-ring (bicyclic) bond motifs is 33. The zero-order valence-corrected chi connectivity index (χ0v) is 87.2. The monoisotopic (exact) mass is 1910 g/mol. The Morgan fingerprint density at radius 2 is 0.660 bits per heavy atom. The van der Waals surface area contributed by atoms with Crippen LogP contribution in [0.15, 0.2) is 294 Å². The number of anilines is 12. The lowest BCUT2D eigenvalue weighted by Crippen LogP contribution is -2.61. The number of para-hydroxylation sites is 4. The Labute approximate surface area is 851 Å². The van der Waals surface area contributed by atoms with Crippen LogP contribution in [0.3, 0.4) is 0 Å². The van der Waals surface area contributed by atoms with E-state index in [4.69, 9.17) is 8.83 Å². The minimum Gasteiger partial charge on any atom is -0.454 e. The molecule has 13 heterocycles. The Morgan fingerprint density at radius 3 is 1.16 bits per heavy atom. The van der Waals surface area contributed by atoms with Gasteiger partial charge < -0.3 is 42.5 Å². The second-order valence-corrected chi connectivity index (χ2v) is 50.9. The third-order valence-electron chi connectivity index (χ3n) is 38.3. The summed E-state index contributed by atoms with van der Waals surface area (Å²) in [7, 11) is 0. The highest BCUT2D eigenvalue weighted by Crippen LogP contribution is 2.67. The fourth-order valence-corrected chi connectivity index (χ4v) is 32.8. The van der Waals surface area contributed by atoms with Crippen LogP contribution in [0.2, 0.25) is 0 Å². The lowest BCUT2D eigenvalue weighted by molar-refractivity contribution is 0.195. The van der Waals surface area contributed by atoms with Gasteiger partial charge in [-0.25, -0.2) is 0 Å². The quantitative estimate of drug-likeness (QED) is 0.159. The van der Waals surface area contributed by atoms with Crippen molar-refractivity contribution in [2.24, 2.45) is 0 Å². The Bertz CT molecular complexity index is 9290. The molecule has 9 nitrogen and oxygen atoms in total. The van der Waals surface area contributed by atoms with E-state index in [0.717, 1.165) is 69.8 Å². The van der Waals surface area contributed by atoms with E-state index in [2.05, 4.69) is 430 Å². The van der Waals surface area contributed by atoms with Gasteiger partial charge in [0, 0.05) is 142 Å². The number of aromatic nitrogens is 2. The van der Waals surface area contributed by atoms with Crippen molar-refractivity contribution in [3.8, 4) is 11.4 Å². The van der Waals surface area contributed by atoms with Crippen LogP contribution in [-0.2, 0) is 32.5 Å². The normalized spacial score (nSPS) is 22.0. The summed E-state index contributed by atoms with van der Waals surface area (Å²) in [5, 5.41) is 9.91.